The van der Waals surface area contributed by atoms with Crippen molar-refractivity contribution in [3.63, 3.8) is 0 Å². The Morgan fingerprint density at radius 2 is 1.55 bits per heavy atom. The molecule has 0 spiro atoms. The number of imide groups is 1. The Hall–Kier alpha value is -2.90. The molecule has 7 nitrogen and oxygen atoms in total. The highest BCUT2D eigenvalue weighted by Gasteiger charge is 2.52. The number of carbonyl (C=O) groups excluding carboxylic acids is 4. The van der Waals surface area contributed by atoms with Gasteiger partial charge in [-0.15, -0.1) is 23.2 Å². The number of amides is 3. The van der Waals surface area contributed by atoms with Crippen LogP contribution in [0, 0.1) is 18.8 Å². The largest absolute Gasteiger partial charge is 0.452 e. The number of hydrogen-bond donors (Lipinski definition) is 1. The Balaban J connectivity index is 1.37. The van der Waals surface area contributed by atoms with E-state index in [4.69, 9.17) is 27.9 Å². The van der Waals surface area contributed by atoms with E-state index < -0.39 is 30.3 Å². The van der Waals surface area contributed by atoms with Crippen molar-refractivity contribution < 1.29 is 23.9 Å². The first-order valence-corrected chi connectivity index (χ1v) is 11.4. The Kier molecular flexibility index (Phi) is 6.72. The second kappa shape index (κ2) is 9.53. The molecule has 1 saturated carbocycles. The fourth-order valence-electron chi connectivity index (χ4n) is 4.21. The first kappa shape index (κ1) is 23.3. The van der Waals surface area contributed by atoms with Gasteiger partial charge in [-0.25, -0.2) is 4.79 Å². The second-order valence-electron chi connectivity index (χ2n) is 8.21. The topological polar surface area (TPSA) is 92.8 Å². The van der Waals surface area contributed by atoms with E-state index in [0.29, 0.717) is 24.2 Å². The second-order valence-corrected chi connectivity index (χ2v) is 9.34. The van der Waals surface area contributed by atoms with Gasteiger partial charge in [0, 0.05) is 5.69 Å². The summed E-state index contributed by atoms with van der Waals surface area (Å²) in [6.45, 7) is 1.41. The molecule has 1 aliphatic carbocycles. The summed E-state index contributed by atoms with van der Waals surface area (Å²) in [4.78, 5) is 51.2. The summed E-state index contributed by atoms with van der Waals surface area (Å²) in [5.41, 5.74) is 2.09. The van der Waals surface area contributed by atoms with Gasteiger partial charge in [-0.1, -0.05) is 18.2 Å². The van der Waals surface area contributed by atoms with Gasteiger partial charge in [0.1, 0.15) is 0 Å². The molecule has 0 aromatic heterocycles. The molecule has 4 atom stereocenters. The van der Waals surface area contributed by atoms with Gasteiger partial charge in [0.05, 0.1) is 33.8 Å². The highest BCUT2D eigenvalue weighted by Crippen LogP contribution is 2.43. The van der Waals surface area contributed by atoms with Crippen molar-refractivity contribution in [2.45, 2.75) is 30.5 Å². The lowest BCUT2D eigenvalue weighted by Gasteiger charge is -2.28. The molecule has 2 aliphatic rings. The van der Waals surface area contributed by atoms with E-state index in [0.717, 1.165) is 10.5 Å². The van der Waals surface area contributed by atoms with Crippen LogP contribution >= 0.6 is 23.2 Å². The summed E-state index contributed by atoms with van der Waals surface area (Å²) >= 11 is 12.4. The molecule has 2 fully saturated rings. The van der Waals surface area contributed by atoms with Crippen molar-refractivity contribution in [2.24, 2.45) is 11.8 Å². The maximum atomic E-state index is 12.8. The third-order valence-electron chi connectivity index (χ3n) is 6.03. The molecule has 0 bridgehead atoms. The SMILES string of the molecule is Cc1ccccc1NC(=O)COC(=O)c1ccc(N2C(=O)[C@@H]3C[C@@H](Cl)[C@@H](Cl)C[C@H]3C2=O)cc1. The number of para-hydroxylation sites is 1. The van der Waals surface area contributed by atoms with E-state index in [1.54, 1.807) is 12.1 Å². The van der Waals surface area contributed by atoms with Gasteiger partial charge in [0.15, 0.2) is 6.61 Å². The van der Waals surface area contributed by atoms with E-state index >= 15 is 0 Å². The summed E-state index contributed by atoms with van der Waals surface area (Å²) in [7, 11) is 0. The lowest BCUT2D eigenvalue weighted by Crippen LogP contribution is -2.34. The number of ether oxygens (including phenoxy) is 1. The van der Waals surface area contributed by atoms with E-state index in [1.807, 2.05) is 19.1 Å². The number of fused-ring (bicyclic) bond motifs is 1. The predicted octanol–water partition coefficient (Wildman–Crippen LogP) is 3.90. The van der Waals surface area contributed by atoms with Crippen LogP contribution in [-0.2, 0) is 19.1 Å². The molecule has 3 amide bonds. The van der Waals surface area contributed by atoms with Crippen molar-refractivity contribution >= 4 is 58.3 Å². The van der Waals surface area contributed by atoms with Crippen LogP contribution in [0.3, 0.4) is 0 Å². The highest BCUT2D eigenvalue weighted by atomic mass is 35.5. The average Bonchev–Trinajstić information content (AvgIpc) is 3.03. The smallest absolute Gasteiger partial charge is 0.338 e. The van der Waals surface area contributed by atoms with E-state index in [9.17, 15) is 19.2 Å². The van der Waals surface area contributed by atoms with Gasteiger partial charge >= 0.3 is 5.97 Å². The quantitative estimate of drug-likeness (QED) is 0.391. The molecular formula is C24H22Cl2N2O5. The van der Waals surface area contributed by atoms with Crippen molar-refractivity contribution in [3.05, 3.63) is 59.7 Å². The number of anilines is 2. The van der Waals surface area contributed by atoms with Gasteiger partial charge in [-0.2, -0.15) is 0 Å². The number of rotatable bonds is 5. The zero-order chi connectivity index (χ0) is 23.7. The van der Waals surface area contributed by atoms with Crippen LogP contribution in [-0.4, -0.2) is 41.1 Å². The third kappa shape index (κ3) is 4.75. The number of nitrogens with one attached hydrogen (secondary N) is 1. The predicted molar refractivity (Wildman–Crippen MR) is 125 cm³/mol. The lowest BCUT2D eigenvalue weighted by molar-refractivity contribution is -0.122. The van der Waals surface area contributed by atoms with Crippen molar-refractivity contribution in [2.75, 3.05) is 16.8 Å². The monoisotopic (exact) mass is 488 g/mol. The minimum absolute atomic E-state index is 0.195. The van der Waals surface area contributed by atoms with Gasteiger partial charge in [0.2, 0.25) is 11.8 Å². The van der Waals surface area contributed by atoms with Crippen LogP contribution < -0.4 is 10.2 Å². The number of benzene rings is 2. The number of halogens is 2. The van der Waals surface area contributed by atoms with Crippen molar-refractivity contribution in [1.82, 2.24) is 0 Å². The molecule has 1 aliphatic heterocycles. The molecule has 1 N–H and O–H groups in total. The number of alkyl halides is 2. The molecule has 33 heavy (non-hydrogen) atoms. The Bertz CT molecular complexity index is 1080. The number of aryl methyl sites for hydroxylation is 1. The summed E-state index contributed by atoms with van der Waals surface area (Å²) in [6.07, 6.45) is 0.715. The van der Waals surface area contributed by atoms with E-state index in [1.165, 1.54) is 24.3 Å². The van der Waals surface area contributed by atoms with Crippen LogP contribution in [0.15, 0.2) is 48.5 Å². The van der Waals surface area contributed by atoms with Crippen LogP contribution in [0.5, 0.6) is 0 Å². The first-order valence-electron chi connectivity index (χ1n) is 10.5. The summed E-state index contributed by atoms with van der Waals surface area (Å²) in [6, 6.07) is 13.2. The van der Waals surface area contributed by atoms with Gasteiger partial charge in [-0.05, 0) is 55.7 Å². The Morgan fingerprint density at radius 1 is 0.970 bits per heavy atom. The molecule has 1 saturated heterocycles. The average molecular weight is 489 g/mol. The van der Waals surface area contributed by atoms with Crippen molar-refractivity contribution in [1.29, 1.82) is 0 Å². The molecule has 2 aromatic carbocycles. The maximum absolute atomic E-state index is 12.8. The summed E-state index contributed by atoms with van der Waals surface area (Å²) in [5, 5.41) is 1.97. The normalized spacial score (nSPS) is 24.4. The number of esters is 1. The summed E-state index contributed by atoms with van der Waals surface area (Å²) in [5.74, 6) is -2.72. The zero-order valence-electron chi connectivity index (χ0n) is 17.8. The Morgan fingerprint density at radius 3 is 2.12 bits per heavy atom. The number of nitrogens with zero attached hydrogens (tertiary/aromatic N) is 1. The third-order valence-corrected chi connectivity index (χ3v) is 7.12. The minimum Gasteiger partial charge on any atom is -0.452 e. The van der Waals surface area contributed by atoms with Gasteiger partial charge in [0.25, 0.3) is 5.91 Å². The molecule has 1 heterocycles. The van der Waals surface area contributed by atoms with Crippen LogP contribution in [0.4, 0.5) is 11.4 Å². The molecule has 2 aromatic rings. The molecule has 9 heteroatoms. The molecule has 0 unspecified atom stereocenters. The molecular weight excluding hydrogens is 467 g/mol. The standard InChI is InChI=1S/C24H22Cl2N2O5/c1-13-4-2-3-5-20(13)27-21(29)12-33-24(32)14-6-8-15(9-7-14)28-22(30)16-10-18(25)19(26)11-17(16)23(28)31/h2-9,16-19H,10-12H2,1H3,(H,27,29)/t16-,17-,18-,19+/m1/s1. The highest BCUT2D eigenvalue weighted by molar-refractivity contribution is 6.31. The zero-order valence-corrected chi connectivity index (χ0v) is 19.3. The van der Waals surface area contributed by atoms with Crippen LogP contribution in [0.1, 0.15) is 28.8 Å². The molecule has 4 rings (SSSR count). The fourth-order valence-corrected chi connectivity index (χ4v) is 4.80. The Labute approximate surface area is 201 Å². The van der Waals surface area contributed by atoms with E-state index in [2.05, 4.69) is 5.32 Å². The van der Waals surface area contributed by atoms with Crippen molar-refractivity contribution in [3.8, 4) is 0 Å². The van der Waals surface area contributed by atoms with E-state index in [-0.39, 0.29) is 28.1 Å². The molecule has 172 valence electrons. The van der Waals surface area contributed by atoms with Crippen LogP contribution in [0.2, 0.25) is 0 Å². The maximum Gasteiger partial charge on any atom is 0.338 e. The lowest BCUT2D eigenvalue weighted by atomic mass is 9.80. The van der Waals surface area contributed by atoms with Gasteiger partial charge < -0.3 is 10.1 Å². The fraction of sp³-hybridized carbons (Fsp3) is 0.333. The number of carbonyl (C=O) groups is 4. The first-order chi connectivity index (χ1) is 15.8. The van der Waals surface area contributed by atoms with Gasteiger partial charge in [-0.3, -0.25) is 19.3 Å². The summed E-state index contributed by atoms with van der Waals surface area (Å²) < 4.78 is 5.08. The molecule has 0 radical (unpaired) electrons. The van der Waals surface area contributed by atoms with Crippen LogP contribution in [0.25, 0.3) is 0 Å². The minimum atomic E-state index is -0.691. The number of hydrogen-bond acceptors (Lipinski definition) is 5.